The van der Waals surface area contributed by atoms with Crippen molar-refractivity contribution in [3.63, 3.8) is 0 Å². The van der Waals surface area contributed by atoms with Crippen LogP contribution in [-0.4, -0.2) is 88.4 Å². The Balaban J connectivity index is 1.98. The predicted octanol–water partition coefficient (Wildman–Crippen LogP) is 0.109. The van der Waals surface area contributed by atoms with Gasteiger partial charge in [-0.05, 0) is 47.5 Å². The monoisotopic (exact) mass is 530 g/mol. The molecule has 1 saturated carbocycles. The summed E-state index contributed by atoms with van der Waals surface area (Å²) >= 11 is 0. The number of aliphatic hydroxyl groups excluding tert-OH is 1. The lowest BCUT2D eigenvalue weighted by atomic mass is 9.62. The zero-order valence-corrected chi connectivity index (χ0v) is 20.0. The second kappa shape index (κ2) is 10.3. The van der Waals surface area contributed by atoms with Crippen molar-refractivity contribution in [1.82, 2.24) is 0 Å². The van der Waals surface area contributed by atoms with E-state index in [2.05, 4.69) is 0 Å². The number of methoxy groups -OCH3 is 1. The number of carbonyl (C=O) groups is 3. The lowest BCUT2D eigenvalue weighted by molar-refractivity contribution is -0.235. The number of aromatic hydroxyl groups is 3. The summed E-state index contributed by atoms with van der Waals surface area (Å²) < 4.78 is 4.96. The number of phenolic OH excluding ortho intramolecular Hbond substituents is 3. The van der Waals surface area contributed by atoms with E-state index in [-0.39, 0.29) is 17.1 Å². The van der Waals surface area contributed by atoms with Gasteiger partial charge >= 0.3 is 5.97 Å². The first-order valence-electron chi connectivity index (χ1n) is 11.1. The Bertz CT molecular complexity index is 1330. The Kier molecular flexibility index (Phi) is 7.65. The van der Waals surface area contributed by atoms with Gasteiger partial charge in [0.15, 0.2) is 51.4 Å². The van der Waals surface area contributed by atoms with Gasteiger partial charge in [-0.1, -0.05) is 24.3 Å². The third kappa shape index (κ3) is 5.24. The molecule has 0 aromatic heterocycles. The van der Waals surface area contributed by atoms with Crippen LogP contribution in [0.5, 0.6) is 23.0 Å². The van der Waals surface area contributed by atoms with Crippen LogP contribution in [0.15, 0.2) is 48.6 Å². The van der Waals surface area contributed by atoms with E-state index in [1.807, 2.05) is 0 Å². The van der Waals surface area contributed by atoms with Gasteiger partial charge in [-0.3, -0.25) is 9.59 Å². The molecule has 4 atom stereocenters. The highest BCUT2D eigenvalue weighted by molar-refractivity contribution is 6.06. The van der Waals surface area contributed by atoms with Gasteiger partial charge in [0.1, 0.15) is 6.10 Å². The van der Waals surface area contributed by atoms with Crippen LogP contribution in [0.3, 0.4) is 0 Å². The molecule has 0 amide bonds. The summed E-state index contributed by atoms with van der Waals surface area (Å²) in [6, 6.07) is 7.43. The molecule has 2 unspecified atom stereocenters. The Morgan fingerprint density at radius 1 is 0.816 bits per heavy atom. The molecule has 8 N–H and O–H groups in total. The maximum absolute atomic E-state index is 13.0. The van der Waals surface area contributed by atoms with Gasteiger partial charge in [0, 0.05) is 12.8 Å². The summed E-state index contributed by atoms with van der Waals surface area (Å²) in [5.41, 5.74) is -8.77. The number of aliphatic carboxylic acids is 1. The third-order valence-electron chi connectivity index (χ3n) is 6.34. The topological polar surface area (TPSA) is 222 Å². The van der Waals surface area contributed by atoms with E-state index in [1.165, 1.54) is 31.4 Å². The van der Waals surface area contributed by atoms with E-state index in [1.54, 1.807) is 0 Å². The molecular formula is C26H26O12. The van der Waals surface area contributed by atoms with Crippen molar-refractivity contribution >= 4 is 29.7 Å². The molecule has 1 aliphatic rings. The smallest absolute Gasteiger partial charge is 0.335 e. The van der Waals surface area contributed by atoms with Crippen molar-refractivity contribution in [2.24, 2.45) is 0 Å². The van der Waals surface area contributed by atoms with Crippen LogP contribution in [-0.2, 0) is 14.4 Å². The highest BCUT2D eigenvalue weighted by atomic mass is 16.5. The molecule has 12 nitrogen and oxygen atoms in total. The van der Waals surface area contributed by atoms with Crippen LogP contribution < -0.4 is 4.74 Å². The standard InChI is InChI=1S/C26H26O12/c1-38-19-11-15(3-7-17(19)28)5-9-21(31)26(37)13-24(35,23(33)34)12-25(36,22(26)32)20(30)8-4-14-2-6-16(27)18(29)10-14/h2-11,22,27-29,32,35-37H,12-13H2,1H3,(H,33,34)/b8-4+,9-5+/t22?,24?,25-,26-/m0/s1. The SMILES string of the molecule is COc1cc(/C=C/C(=O)[C@@]2(O)CC(O)(C(=O)O)C[C@](O)(C(=O)/C=C/c3ccc(O)c(O)c3)C2O)ccc1O. The first kappa shape index (κ1) is 28.3. The van der Waals surface area contributed by atoms with Gasteiger partial charge in [-0.25, -0.2) is 4.79 Å². The number of hydrogen-bond donors (Lipinski definition) is 8. The maximum atomic E-state index is 13.0. The maximum Gasteiger partial charge on any atom is 0.335 e. The van der Waals surface area contributed by atoms with E-state index in [9.17, 15) is 55.2 Å². The molecule has 38 heavy (non-hydrogen) atoms. The minimum atomic E-state index is -3.12. The molecule has 0 heterocycles. The van der Waals surface area contributed by atoms with Crippen LogP contribution in [0.4, 0.5) is 0 Å². The molecule has 0 radical (unpaired) electrons. The van der Waals surface area contributed by atoms with Gasteiger partial charge in [0.05, 0.1) is 7.11 Å². The molecule has 2 aromatic carbocycles. The summed E-state index contributed by atoms with van der Waals surface area (Å²) in [7, 11) is 1.29. The number of benzene rings is 2. The summed E-state index contributed by atoms with van der Waals surface area (Å²) in [5.74, 6) is -5.72. The lowest BCUT2D eigenvalue weighted by Gasteiger charge is -2.49. The molecule has 2 aromatic rings. The minimum Gasteiger partial charge on any atom is -0.504 e. The fourth-order valence-electron chi connectivity index (χ4n) is 4.21. The Hall–Kier alpha value is -4.23. The number of aliphatic hydroxyl groups is 4. The summed E-state index contributed by atoms with van der Waals surface area (Å²) in [6.07, 6.45) is -1.42. The van der Waals surface area contributed by atoms with Crippen LogP contribution in [0.25, 0.3) is 12.2 Å². The molecule has 0 bridgehead atoms. The molecule has 0 aliphatic heterocycles. The fraction of sp³-hybridized carbons (Fsp3) is 0.269. The number of carboxylic acid groups (broad SMARTS) is 1. The van der Waals surface area contributed by atoms with E-state index in [4.69, 9.17) is 4.74 Å². The molecule has 0 saturated heterocycles. The van der Waals surface area contributed by atoms with Crippen molar-refractivity contribution in [3.8, 4) is 23.0 Å². The number of ketones is 2. The van der Waals surface area contributed by atoms with E-state index < -0.39 is 64.8 Å². The van der Waals surface area contributed by atoms with Gasteiger partial charge < -0.3 is 45.6 Å². The number of carboxylic acids is 1. The van der Waals surface area contributed by atoms with E-state index >= 15 is 0 Å². The second-order valence-electron chi connectivity index (χ2n) is 9.02. The largest absolute Gasteiger partial charge is 0.504 e. The number of hydrogen-bond acceptors (Lipinski definition) is 11. The van der Waals surface area contributed by atoms with Crippen LogP contribution in [0.1, 0.15) is 24.0 Å². The van der Waals surface area contributed by atoms with Crippen molar-refractivity contribution in [2.45, 2.75) is 35.7 Å². The first-order valence-corrected chi connectivity index (χ1v) is 11.1. The van der Waals surface area contributed by atoms with Crippen molar-refractivity contribution in [3.05, 3.63) is 59.7 Å². The van der Waals surface area contributed by atoms with Crippen LogP contribution >= 0.6 is 0 Å². The van der Waals surface area contributed by atoms with Crippen LogP contribution in [0, 0.1) is 0 Å². The molecule has 12 heteroatoms. The predicted molar refractivity (Wildman–Crippen MR) is 130 cm³/mol. The number of carbonyl (C=O) groups excluding carboxylic acids is 2. The lowest BCUT2D eigenvalue weighted by Crippen LogP contribution is -2.72. The summed E-state index contributed by atoms with van der Waals surface area (Å²) in [4.78, 5) is 37.8. The minimum absolute atomic E-state index is 0.0602. The van der Waals surface area contributed by atoms with E-state index in [0.717, 1.165) is 30.4 Å². The summed E-state index contributed by atoms with van der Waals surface area (Å²) in [5, 5.41) is 82.0. The molecule has 202 valence electrons. The van der Waals surface area contributed by atoms with Crippen molar-refractivity contribution in [1.29, 1.82) is 0 Å². The molecule has 3 rings (SSSR count). The molecule has 1 fully saturated rings. The average molecular weight is 530 g/mol. The fourth-order valence-corrected chi connectivity index (χ4v) is 4.21. The van der Waals surface area contributed by atoms with Gasteiger partial charge in [0.2, 0.25) is 0 Å². The number of ether oxygens (including phenoxy) is 1. The molecular weight excluding hydrogens is 504 g/mol. The van der Waals surface area contributed by atoms with Gasteiger partial charge in [-0.15, -0.1) is 0 Å². The highest BCUT2D eigenvalue weighted by Gasteiger charge is 2.66. The Morgan fingerprint density at radius 2 is 1.29 bits per heavy atom. The van der Waals surface area contributed by atoms with E-state index in [0.29, 0.717) is 11.6 Å². The van der Waals surface area contributed by atoms with Crippen molar-refractivity contribution < 1.29 is 60.0 Å². The quantitative estimate of drug-likeness (QED) is 0.168. The van der Waals surface area contributed by atoms with Crippen molar-refractivity contribution in [2.75, 3.05) is 7.11 Å². The Morgan fingerprint density at radius 3 is 1.74 bits per heavy atom. The third-order valence-corrected chi connectivity index (χ3v) is 6.34. The first-order chi connectivity index (χ1) is 17.7. The van der Waals surface area contributed by atoms with Gasteiger partial charge in [-0.2, -0.15) is 0 Å². The van der Waals surface area contributed by atoms with Gasteiger partial charge in [0.25, 0.3) is 0 Å². The van der Waals surface area contributed by atoms with Crippen LogP contribution in [0.2, 0.25) is 0 Å². The molecule has 1 aliphatic carbocycles. The normalized spacial score (nSPS) is 27.4. The molecule has 0 spiro atoms. The zero-order chi connectivity index (χ0) is 28.5. The average Bonchev–Trinajstić information content (AvgIpc) is 2.86. The second-order valence-corrected chi connectivity index (χ2v) is 9.02. The number of rotatable bonds is 8. The highest BCUT2D eigenvalue weighted by Crippen LogP contribution is 2.43. The summed E-state index contributed by atoms with van der Waals surface area (Å²) in [6.45, 7) is 0. The zero-order valence-electron chi connectivity index (χ0n) is 20.0. The number of phenols is 3. The Labute approximate surface area is 215 Å².